The summed E-state index contributed by atoms with van der Waals surface area (Å²) in [6, 6.07) is 9.95. The molecular weight excluding hydrogens is 252 g/mol. The number of aromatic nitrogens is 2. The van der Waals surface area contributed by atoms with Crippen LogP contribution in [0.5, 0.6) is 5.75 Å². The summed E-state index contributed by atoms with van der Waals surface area (Å²) < 4.78 is 7.75. The molecule has 20 heavy (non-hydrogen) atoms. The standard InChI is InChI=1S/C16H22N2O2/c1-3-15(4-2)18-10-9-14(17-18)12-20-16-8-6-5-7-13(16)11-19/h5-10,15,19H,3-4,11-12H2,1-2H3. The molecule has 0 aliphatic rings. The van der Waals surface area contributed by atoms with Crippen molar-refractivity contribution in [1.82, 2.24) is 9.78 Å². The number of aliphatic hydroxyl groups excluding tert-OH is 1. The summed E-state index contributed by atoms with van der Waals surface area (Å²) in [4.78, 5) is 0. The number of ether oxygens (including phenoxy) is 1. The van der Waals surface area contributed by atoms with Crippen molar-refractivity contribution in [2.75, 3.05) is 0 Å². The van der Waals surface area contributed by atoms with Gasteiger partial charge in [-0.1, -0.05) is 32.0 Å². The third-order valence-corrected chi connectivity index (χ3v) is 3.50. The van der Waals surface area contributed by atoms with Gasteiger partial charge in [-0.15, -0.1) is 0 Å². The van der Waals surface area contributed by atoms with Crippen LogP contribution in [-0.4, -0.2) is 14.9 Å². The van der Waals surface area contributed by atoms with Crippen molar-refractivity contribution in [2.24, 2.45) is 0 Å². The van der Waals surface area contributed by atoms with Crippen molar-refractivity contribution in [3.63, 3.8) is 0 Å². The van der Waals surface area contributed by atoms with E-state index in [9.17, 15) is 5.11 Å². The Morgan fingerprint density at radius 3 is 2.65 bits per heavy atom. The van der Waals surface area contributed by atoms with E-state index in [-0.39, 0.29) is 6.61 Å². The van der Waals surface area contributed by atoms with Crippen molar-refractivity contribution in [2.45, 2.75) is 45.9 Å². The van der Waals surface area contributed by atoms with E-state index in [1.54, 1.807) is 0 Å². The van der Waals surface area contributed by atoms with E-state index in [0.29, 0.717) is 18.4 Å². The zero-order valence-electron chi connectivity index (χ0n) is 12.1. The van der Waals surface area contributed by atoms with E-state index < -0.39 is 0 Å². The van der Waals surface area contributed by atoms with Gasteiger partial charge < -0.3 is 9.84 Å². The number of hydrogen-bond donors (Lipinski definition) is 1. The number of nitrogens with zero attached hydrogens (tertiary/aromatic N) is 2. The molecule has 0 amide bonds. The predicted molar refractivity (Wildman–Crippen MR) is 78.5 cm³/mol. The van der Waals surface area contributed by atoms with Gasteiger partial charge in [-0.25, -0.2) is 0 Å². The predicted octanol–water partition coefficient (Wildman–Crippen LogP) is 3.32. The Hall–Kier alpha value is -1.81. The van der Waals surface area contributed by atoms with E-state index in [2.05, 4.69) is 18.9 Å². The minimum atomic E-state index is -0.0155. The lowest BCUT2D eigenvalue weighted by Crippen LogP contribution is -2.08. The highest BCUT2D eigenvalue weighted by Gasteiger charge is 2.09. The van der Waals surface area contributed by atoms with Crippen molar-refractivity contribution in [1.29, 1.82) is 0 Å². The molecule has 0 unspecified atom stereocenters. The van der Waals surface area contributed by atoms with Gasteiger partial charge in [0.15, 0.2) is 0 Å². The topological polar surface area (TPSA) is 47.3 Å². The molecule has 1 aromatic carbocycles. The average Bonchev–Trinajstić information content (AvgIpc) is 2.95. The molecule has 0 fully saturated rings. The zero-order valence-corrected chi connectivity index (χ0v) is 12.1. The number of aliphatic hydroxyl groups is 1. The Morgan fingerprint density at radius 2 is 1.95 bits per heavy atom. The van der Waals surface area contributed by atoms with E-state index >= 15 is 0 Å². The smallest absolute Gasteiger partial charge is 0.132 e. The first kappa shape index (κ1) is 14.6. The lowest BCUT2D eigenvalue weighted by Gasteiger charge is -2.12. The number of rotatable bonds is 7. The second kappa shape index (κ2) is 7.10. The van der Waals surface area contributed by atoms with Gasteiger partial charge in [-0.2, -0.15) is 5.10 Å². The highest BCUT2D eigenvalue weighted by Crippen LogP contribution is 2.19. The van der Waals surface area contributed by atoms with Crippen molar-refractivity contribution in [3.05, 3.63) is 47.8 Å². The summed E-state index contributed by atoms with van der Waals surface area (Å²) >= 11 is 0. The van der Waals surface area contributed by atoms with Gasteiger partial charge >= 0.3 is 0 Å². The molecule has 0 aliphatic carbocycles. The molecule has 1 heterocycles. The molecule has 2 rings (SSSR count). The van der Waals surface area contributed by atoms with Crippen molar-refractivity contribution in [3.8, 4) is 5.75 Å². The summed E-state index contributed by atoms with van der Waals surface area (Å²) in [7, 11) is 0. The van der Waals surface area contributed by atoms with Gasteiger partial charge in [0.25, 0.3) is 0 Å². The largest absolute Gasteiger partial charge is 0.487 e. The van der Waals surface area contributed by atoms with Gasteiger partial charge in [0, 0.05) is 11.8 Å². The molecule has 0 bridgehead atoms. The maximum absolute atomic E-state index is 9.26. The number of para-hydroxylation sites is 1. The van der Waals surface area contributed by atoms with Crippen LogP contribution in [0.4, 0.5) is 0 Å². The van der Waals surface area contributed by atoms with Crippen molar-refractivity contribution < 1.29 is 9.84 Å². The molecule has 0 atom stereocenters. The van der Waals surface area contributed by atoms with Gasteiger partial charge in [0.2, 0.25) is 0 Å². The van der Waals surface area contributed by atoms with Crippen LogP contribution in [-0.2, 0) is 13.2 Å². The highest BCUT2D eigenvalue weighted by atomic mass is 16.5. The Morgan fingerprint density at radius 1 is 1.20 bits per heavy atom. The normalized spacial score (nSPS) is 11.0. The van der Waals surface area contributed by atoms with Gasteiger partial charge in [-0.3, -0.25) is 4.68 Å². The molecule has 0 radical (unpaired) electrons. The van der Waals surface area contributed by atoms with Gasteiger partial charge in [0.1, 0.15) is 12.4 Å². The SMILES string of the molecule is CCC(CC)n1ccc(COc2ccccc2CO)n1. The molecule has 2 aromatic rings. The van der Waals surface area contributed by atoms with Crippen LogP contribution in [0.25, 0.3) is 0 Å². The van der Waals surface area contributed by atoms with Crippen LogP contribution in [0.2, 0.25) is 0 Å². The zero-order chi connectivity index (χ0) is 14.4. The summed E-state index contributed by atoms with van der Waals surface area (Å²) in [5, 5.41) is 13.8. The molecular formula is C16H22N2O2. The Labute approximate surface area is 120 Å². The molecule has 0 aliphatic heterocycles. The summed E-state index contributed by atoms with van der Waals surface area (Å²) in [5.74, 6) is 0.715. The van der Waals surface area contributed by atoms with Crippen molar-refractivity contribution >= 4 is 0 Å². The minimum absolute atomic E-state index is 0.0155. The van der Waals surface area contributed by atoms with E-state index in [0.717, 1.165) is 24.1 Å². The lowest BCUT2D eigenvalue weighted by atomic mass is 10.2. The molecule has 0 saturated carbocycles. The Balaban J connectivity index is 2.01. The Bertz CT molecular complexity index is 533. The third kappa shape index (κ3) is 3.39. The lowest BCUT2D eigenvalue weighted by molar-refractivity contribution is 0.256. The summed E-state index contributed by atoms with van der Waals surface area (Å²) in [6.45, 7) is 4.75. The monoisotopic (exact) mass is 274 g/mol. The average molecular weight is 274 g/mol. The second-order valence-electron chi connectivity index (χ2n) is 4.81. The van der Waals surface area contributed by atoms with Crippen LogP contribution in [0, 0.1) is 0 Å². The van der Waals surface area contributed by atoms with Crippen LogP contribution in [0.15, 0.2) is 36.5 Å². The molecule has 4 nitrogen and oxygen atoms in total. The first-order valence-electron chi connectivity index (χ1n) is 7.14. The fraction of sp³-hybridized carbons (Fsp3) is 0.438. The fourth-order valence-corrected chi connectivity index (χ4v) is 2.25. The second-order valence-corrected chi connectivity index (χ2v) is 4.81. The van der Waals surface area contributed by atoms with Gasteiger partial charge in [-0.05, 0) is 25.0 Å². The van der Waals surface area contributed by atoms with E-state index in [4.69, 9.17) is 4.74 Å². The first-order valence-corrected chi connectivity index (χ1v) is 7.14. The van der Waals surface area contributed by atoms with Crippen LogP contribution >= 0.6 is 0 Å². The first-order chi connectivity index (χ1) is 9.78. The molecule has 0 spiro atoms. The summed E-state index contributed by atoms with van der Waals surface area (Å²) in [6.07, 6.45) is 4.16. The molecule has 4 heteroatoms. The van der Waals surface area contributed by atoms with E-state index in [1.165, 1.54) is 0 Å². The third-order valence-electron chi connectivity index (χ3n) is 3.50. The molecule has 1 aromatic heterocycles. The van der Waals surface area contributed by atoms with E-state index in [1.807, 2.05) is 41.2 Å². The molecule has 0 saturated heterocycles. The quantitative estimate of drug-likeness (QED) is 0.842. The fourth-order valence-electron chi connectivity index (χ4n) is 2.25. The number of hydrogen-bond acceptors (Lipinski definition) is 3. The Kier molecular flexibility index (Phi) is 5.18. The maximum atomic E-state index is 9.26. The molecule has 1 N–H and O–H groups in total. The minimum Gasteiger partial charge on any atom is -0.487 e. The highest BCUT2D eigenvalue weighted by molar-refractivity contribution is 5.32. The summed E-state index contributed by atoms with van der Waals surface area (Å²) in [5.41, 5.74) is 1.71. The van der Waals surface area contributed by atoms with Gasteiger partial charge in [0.05, 0.1) is 18.3 Å². The number of benzene rings is 1. The van der Waals surface area contributed by atoms with Crippen LogP contribution in [0.1, 0.15) is 44.0 Å². The molecule has 108 valence electrons. The van der Waals surface area contributed by atoms with Crippen LogP contribution in [0.3, 0.4) is 0 Å². The van der Waals surface area contributed by atoms with Crippen LogP contribution < -0.4 is 4.74 Å². The maximum Gasteiger partial charge on any atom is 0.132 e.